The topological polar surface area (TPSA) is 68.8 Å². The number of amides is 1. The molecule has 0 atom stereocenters. The molecule has 0 saturated heterocycles. The first-order valence-electron chi connectivity index (χ1n) is 10.8. The summed E-state index contributed by atoms with van der Waals surface area (Å²) in [5, 5.41) is 6.02. The zero-order valence-electron chi connectivity index (χ0n) is 18.5. The highest BCUT2D eigenvalue weighted by Crippen LogP contribution is 2.24. The Labute approximate surface area is 189 Å². The van der Waals surface area contributed by atoms with Gasteiger partial charge in [-0.25, -0.2) is 0 Å². The van der Waals surface area contributed by atoms with E-state index in [-0.39, 0.29) is 12.5 Å². The summed E-state index contributed by atoms with van der Waals surface area (Å²) in [5.41, 5.74) is 1.50. The minimum absolute atomic E-state index is 0.142. The number of rotatable bonds is 12. The molecule has 0 radical (unpaired) electrons. The molecule has 0 aliphatic rings. The van der Waals surface area contributed by atoms with Crippen LogP contribution in [0.3, 0.4) is 0 Å². The number of hydrogen-bond acceptors (Lipinski definition) is 5. The summed E-state index contributed by atoms with van der Waals surface area (Å²) < 4.78 is 17.1. The van der Waals surface area contributed by atoms with E-state index >= 15 is 0 Å². The van der Waals surface area contributed by atoms with Crippen molar-refractivity contribution >= 4 is 17.3 Å². The lowest BCUT2D eigenvalue weighted by Crippen LogP contribution is -2.22. The van der Waals surface area contributed by atoms with Crippen LogP contribution in [0.4, 0.5) is 11.4 Å². The van der Waals surface area contributed by atoms with Crippen LogP contribution < -0.4 is 24.8 Å². The molecule has 0 fully saturated rings. The summed E-state index contributed by atoms with van der Waals surface area (Å²) in [6, 6.07) is 24.6. The van der Waals surface area contributed by atoms with Crippen molar-refractivity contribution in [3.05, 3.63) is 78.9 Å². The third kappa shape index (κ3) is 7.87. The maximum Gasteiger partial charge on any atom is 0.243 e. The van der Waals surface area contributed by atoms with Crippen LogP contribution in [0.5, 0.6) is 17.2 Å². The second-order valence-electron chi connectivity index (χ2n) is 7.64. The zero-order valence-corrected chi connectivity index (χ0v) is 18.5. The van der Waals surface area contributed by atoms with Gasteiger partial charge in [0.2, 0.25) is 5.91 Å². The Morgan fingerprint density at radius 2 is 1.41 bits per heavy atom. The molecule has 168 valence electrons. The SMILES string of the molecule is CC(C)COc1ccccc1NC(=O)CNc1ccc(OCCOc2ccccc2)cc1. The Bertz CT molecular complexity index is 959. The van der Waals surface area contributed by atoms with Crippen molar-refractivity contribution in [2.45, 2.75) is 13.8 Å². The average Bonchev–Trinajstić information content (AvgIpc) is 2.81. The summed E-state index contributed by atoms with van der Waals surface area (Å²) in [7, 11) is 0. The standard InChI is InChI=1S/C26H30N2O4/c1-20(2)19-32-25-11-7-6-10-24(25)28-26(29)18-27-21-12-14-23(15-13-21)31-17-16-30-22-8-4-3-5-9-22/h3-15,20,27H,16-19H2,1-2H3,(H,28,29). The second-order valence-corrected chi connectivity index (χ2v) is 7.64. The summed E-state index contributed by atoms with van der Waals surface area (Å²) in [6.07, 6.45) is 0. The van der Waals surface area contributed by atoms with Crippen LogP contribution in [-0.2, 0) is 4.79 Å². The average molecular weight is 435 g/mol. The molecule has 0 unspecified atom stereocenters. The molecule has 0 aliphatic heterocycles. The molecule has 0 saturated carbocycles. The van der Waals surface area contributed by atoms with Crippen molar-refractivity contribution in [1.82, 2.24) is 0 Å². The molecule has 0 bridgehead atoms. The van der Waals surface area contributed by atoms with Gasteiger partial charge in [-0.2, -0.15) is 0 Å². The van der Waals surface area contributed by atoms with Gasteiger partial charge < -0.3 is 24.8 Å². The van der Waals surface area contributed by atoms with Gasteiger partial charge in [-0.15, -0.1) is 0 Å². The highest BCUT2D eigenvalue weighted by molar-refractivity contribution is 5.95. The number of benzene rings is 3. The lowest BCUT2D eigenvalue weighted by Gasteiger charge is -2.14. The van der Waals surface area contributed by atoms with Gasteiger partial charge in [-0.1, -0.05) is 44.2 Å². The van der Waals surface area contributed by atoms with Gasteiger partial charge in [-0.3, -0.25) is 4.79 Å². The number of ether oxygens (including phenoxy) is 3. The highest BCUT2D eigenvalue weighted by atomic mass is 16.5. The molecule has 0 spiro atoms. The summed E-state index contributed by atoms with van der Waals surface area (Å²) in [4.78, 5) is 12.4. The number of nitrogens with one attached hydrogen (secondary N) is 2. The molecule has 2 N–H and O–H groups in total. The first kappa shape index (κ1) is 23.0. The summed E-state index contributed by atoms with van der Waals surface area (Å²) in [6.45, 7) is 5.82. The third-order valence-electron chi connectivity index (χ3n) is 4.40. The van der Waals surface area contributed by atoms with Crippen molar-refractivity contribution in [2.24, 2.45) is 5.92 Å². The Balaban J connectivity index is 1.40. The van der Waals surface area contributed by atoms with Crippen molar-refractivity contribution in [2.75, 3.05) is 37.0 Å². The molecule has 6 nitrogen and oxygen atoms in total. The van der Waals surface area contributed by atoms with Crippen molar-refractivity contribution in [3.8, 4) is 17.2 Å². The van der Waals surface area contributed by atoms with E-state index in [1.165, 1.54) is 0 Å². The number of hydrogen-bond donors (Lipinski definition) is 2. The van der Waals surface area contributed by atoms with Gasteiger partial charge in [0, 0.05) is 5.69 Å². The lowest BCUT2D eigenvalue weighted by molar-refractivity contribution is -0.114. The van der Waals surface area contributed by atoms with Crippen LogP contribution in [0.2, 0.25) is 0 Å². The van der Waals surface area contributed by atoms with E-state index in [1.807, 2.05) is 78.9 Å². The molecule has 1 amide bonds. The van der Waals surface area contributed by atoms with Gasteiger partial charge in [0.05, 0.1) is 18.8 Å². The number of carbonyl (C=O) groups excluding carboxylic acids is 1. The normalized spacial score (nSPS) is 10.5. The van der Waals surface area contributed by atoms with Crippen molar-refractivity contribution in [3.63, 3.8) is 0 Å². The first-order valence-corrected chi connectivity index (χ1v) is 10.8. The monoisotopic (exact) mass is 434 g/mol. The van der Waals surface area contributed by atoms with Crippen LogP contribution in [0, 0.1) is 5.92 Å². The minimum Gasteiger partial charge on any atom is -0.491 e. The Hall–Kier alpha value is -3.67. The van der Waals surface area contributed by atoms with E-state index in [1.54, 1.807) is 0 Å². The summed E-state index contributed by atoms with van der Waals surface area (Å²) in [5.74, 6) is 2.50. The maximum atomic E-state index is 12.4. The molecule has 0 aromatic heterocycles. The Kier molecular flexibility index (Phi) is 8.80. The smallest absolute Gasteiger partial charge is 0.243 e. The number of carbonyl (C=O) groups is 1. The Morgan fingerprint density at radius 1 is 0.781 bits per heavy atom. The third-order valence-corrected chi connectivity index (χ3v) is 4.40. The number of para-hydroxylation sites is 3. The van der Waals surface area contributed by atoms with Gasteiger partial charge in [0.15, 0.2) is 0 Å². The predicted molar refractivity (Wildman–Crippen MR) is 128 cm³/mol. The van der Waals surface area contributed by atoms with Gasteiger partial charge in [0.25, 0.3) is 0 Å². The van der Waals surface area contributed by atoms with Crippen molar-refractivity contribution in [1.29, 1.82) is 0 Å². The predicted octanol–water partition coefficient (Wildman–Crippen LogP) is 5.23. The molecular weight excluding hydrogens is 404 g/mol. The zero-order chi connectivity index (χ0) is 22.6. The van der Waals surface area contributed by atoms with Gasteiger partial charge >= 0.3 is 0 Å². The fourth-order valence-corrected chi connectivity index (χ4v) is 2.83. The van der Waals surface area contributed by atoms with Crippen LogP contribution in [-0.4, -0.2) is 32.3 Å². The van der Waals surface area contributed by atoms with E-state index in [9.17, 15) is 4.79 Å². The van der Waals surface area contributed by atoms with Crippen LogP contribution in [0.15, 0.2) is 78.9 Å². The fraction of sp³-hybridized carbons (Fsp3) is 0.269. The molecule has 0 heterocycles. The van der Waals surface area contributed by atoms with Gasteiger partial charge in [0.1, 0.15) is 30.5 Å². The van der Waals surface area contributed by atoms with Crippen molar-refractivity contribution < 1.29 is 19.0 Å². The van der Waals surface area contributed by atoms with E-state index in [0.29, 0.717) is 37.2 Å². The first-order chi connectivity index (χ1) is 15.6. The molecular formula is C26H30N2O4. The molecule has 6 heteroatoms. The molecule has 3 rings (SSSR count). The van der Waals surface area contributed by atoms with E-state index in [4.69, 9.17) is 14.2 Å². The molecule has 3 aromatic carbocycles. The van der Waals surface area contributed by atoms with E-state index in [0.717, 1.165) is 17.2 Å². The van der Waals surface area contributed by atoms with Gasteiger partial charge in [-0.05, 0) is 54.4 Å². The molecule has 0 aliphatic carbocycles. The fourth-order valence-electron chi connectivity index (χ4n) is 2.83. The highest BCUT2D eigenvalue weighted by Gasteiger charge is 2.08. The van der Waals surface area contributed by atoms with Crippen LogP contribution in [0.25, 0.3) is 0 Å². The van der Waals surface area contributed by atoms with E-state index in [2.05, 4.69) is 24.5 Å². The summed E-state index contributed by atoms with van der Waals surface area (Å²) >= 11 is 0. The van der Waals surface area contributed by atoms with E-state index < -0.39 is 0 Å². The molecule has 32 heavy (non-hydrogen) atoms. The lowest BCUT2D eigenvalue weighted by atomic mass is 10.2. The second kappa shape index (κ2) is 12.2. The Morgan fingerprint density at radius 3 is 2.09 bits per heavy atom. The molecule has 3 aromatic rings. The largest absolute Gasteiger partial charge is 0.491 e. The number of anilines is 2. The minimum atomic E-state index is -0.149. The van der Waals surface area contributed by atoms with Crippen LogP contribution >= 0.6 is 0 Å². The quantitative estimate of drug-likeness (QED) is 0.382. The maximum absolute atomic E-state index is 12.4. The van der Waals surface area contributed by atoms with Crippen LogP contribution in [0.1, 0.15) is 13.8 Å².